The number of carbonyl (C=O) groups excluding carboxylic acids is 1. The molecule has 5 aromatic rings. The molecule has 0 fully saturated rings. The van der Waals surface area contributed by atoms with Crippen molar-refractivity contribution in [3.63, 3.8) is 0 Å². The van der Waals surface area contributed by atoms with Crippen LogP contribution < -0.4 is 10.1 Å². The van der Waals surface area contributed by atoms with Crippen molar-refractivity contribution in [2.75, 3.05) is 0 Å². The van der Waals surface area contributed by atoms with Gasteiger partial charge in [0.15, 0.2) is 5.82 Å². The summed E-state index contributed by atoms with van der Waals surface area (Å²) >= 11 is 12.0. The average molecular weight is 500 g/mol. The first-order valence-electron chi connectivity index (χ1n) is 10.8. The summed E-state index contributed by atoms with van der Waals surface area (Å²) in [7, 11) is 0. The number of aromatic nitrogens is 2. The van der Waals surface area contributed by atoms with Gasteiger partial charge in [-0.2, -0.15) is 0 Å². The van der Waals surface area contributed by atoms with Crippen LogP contribution in [0.15, 0.2) is 97.1 Å². The number of nitrogens with zero attached hydrogens (tertiary/aromatic N) is 1. The molecule has 5 nitrogen and oxygen atoms in total. The van der Waals surface area contributed by atoms with Gasteiger partial charge in [-0.1, -0.05) is 65.7 Å². The Kier molecular flexibility index (Phi) is 6.53. The highest BCUT2D eigenvalue weighted by atomic mass is 35.5. The van der Waals surface area contributed by atoms with Gasteiger partial charge in [0.25, 0.3) is 5.91 Å². The van der Waals surface area contributed by atoms with Crippen molar-refractivity contribution in [1.82, 2.24) is 15.3 Å². The van der Waals surface area contributed by atoms with Crippen LogP contribution >= 0.6 is 23.2 Å². The van der Waals surface area contributed by atoms with Gasteiger partial charge in [0.1, 0.15) is 11.5 Å². The standard InChI is InChI=1S/C28H19Cl2N3O2/c29-22-15-14-21(17-23(22)30)35-20-12-10-18(11-13-20)16-26(33-28(34)19-6-2-1-3-7-19)27-31-24-8-4-5-9-25(24)32-27/h1-17H,(H,31,32)(H,33,34). The first kappa shape index (κ1) is 22.7. The highest BCUT2D eigenvalue weighted by molar-refractivity contribution is 6.42. The summed E-state index contributed by atoms with van der Waals surface area (Å²) in [5, 5.41) is 3.89. The number of aromatic amines is 1. The fourth-order valence-electron chi connectivity index (χ4n) is 3.50. The zero-order valence-corrected chi connectivity index (χ0v) is 19.8. The molecule has 4 aromatic carbocycles. The third-order valence-corrected chi connectivity index (χ3v) is 5.99. The second-order valence-corrected chi connectivity index (χ2v) is 8.54. The van der Waals surface area contributed by atoms with E-state index in [1.807, 2.05) is 72.8 Å². The molecule has 7 heteroatoms. The van der Waals surface area contributed by atoms with Gasteiger partial charge in [-0.05, 0) is 60.2 Å². The molecule has 0 saturated heterocycles. The van der Waals surface area contributed by atoms with Gasteiger partial charge in [0.2, 0.25) is 0 Å². The largest absolute Gasteiger partial charge is 0.457 e. The van der Waals surface area contributed by atoms with Gasteiger partial charge >= 0.3 is 0 Å². The molecule has 0 unspecified atom stereocenters. The summed E-state index contributed by atoms with van der Waals surface area (Å²) in [6.45, 7) is 0. The maximum atomic E-state index is 12.9. The molecule has 0 saturated carbocycles. The maximum Gasteiger partial charge on any atom is 0.255 e. The average Bonchev–Trinajstić information content (AvgIpc) is 3.32. The van der Waals surface area contributed by atoms with Crippen LogP contribution in [-0.4, -0.2) is 15.9 Å². The van der Waals surface area contributed by atoms with Crippen LogP contribution in [0.2, 0.25) is 10.0 Å². The second kappa shape index (κ2) is 10.1. The van der Waals surface area contributed by atoms with Gasteiger partial charge in [-0.25, -0.2) is 4.98 Å². The Morgan fingerprint density at radius 1 is 0.829 bits per heavy atom. The van der Waals surface area contributed by atoms with Gasteiger partial charge in [-0.15, -0.1) is 0 Å². The fourth-order valence-corrected chi connectivity index (χ4v) is 3.79. The molecular weight excluding hydrogens is 481 g/mol. The molecule has 0 bridgehead atoms. The van der Waals surface area contributed by atoms with E-state index in [0.717, 1.165) is 16.6 Å². The Morgan fingerprint density at radius 2 is 1.54 bits per heavy atom. The number of benzene rings is 4. The molecule has 0 atom stereocenters. The quantitative estimate of drug-likeness (QED) is 0.252. The number of hydrogen-bond acceptors (Lipinski definition) is 3. The minimum absolute atomic E-state index is 0.225. The molecule has 0 aliphatic rings. The summed E-state index contributed by atoms with van der Waals surface area (Å²) in [6.07, 6.45) is 1.86. The van der Waals surface area contributed by atoms with E-state index in [9.17, 15) is 4.79 Å². The number of amides is 1. The minimum Gasteiger partial charge on any atom is -0.457 e. The Labute approximate surface area is 212 Å². The van der Waals surface area contributed by atoms with Crippen molar-refractivity contribution < 1.29 is 9.53 Å². The van der Waals surface area contributed by atoms with Crippen LogP contribution in [0.25, 0.3) is 22.8 Å². The third kappa shape index (κ3) is 5.38. The highest BCUT2D eigenvalue weighted by Crippen LogP contribution is 2.30. The topological polar surface area (TPSA) is 67.0 Å². The lowest BCUT2D eigenvalue weighted by Gasteiger charge is -2.09. The number of rotatable bonds is 6. The van der Waals surface area contributed by atoms with Crippen molar-refractivity contribution in [2.24, 2.45) is 0 Å². The molecule has 35 heavy (non-hydrogen) atoms. The van der Waals surface area contributed by atoms with Crippen LogP contribution in [-0.2, 0) is 0 Å². The van der Waals surface area contributed by atoms with Crippen LogP contribution in [0, 0.1) is 0 Å². The summed E-state index contributed by atoms with van der Waals surface area (Å²) < 4.78 is 5.87. The predicted molar refractivity (Wildman–Crippen MR) is 141 cm³/mol. The number of ether oxygens (including phenoxy) is 1. The second-order valence-electron chi connectivity index (χ2n) is 7.73. The lowest BCUT2D eigenvalue weighted by Crippen LogP contribution is -2.22. The van der Waals surface area contributed by atoms with E-state index in [4.69, 9.17) is 27.9 Å². The van der Waals surface area contributed by atoms with E-state index >= 15 is 0 Å². The van der Waals surface area contributed by atoms with Crippen molar-refractivity contribution >= 4 is 51.9 Å². The molecule has 0 radical (unpaired) electrons. The normalized spacial score (nSPS) is 11.4. The Hall–Kier alpha value is -4.06. The third-order valence-electron chi connectivity index (χ3n) is 5.25. The van der Waals surface area contributed by atoms with Crippen molar-refractivity contribution in [3.8, 4) is 11.5 Å². The molecular formula is C28H19Cl2N3O2. The summed E-state index contributed by atoms with van der Waals surface area (Å²) in [6, 6.07) is 29.3. The Bertz CT molecular complexity index is 1490. The Balaban J connectivity index is 1.44. The van der Waals surface area contributed by atoms with Crippen molar-refractivity contribution in [3.05, 3.63) is 124 Å². The summed E-state index contributed by atoms with van der Waals surface area (Å²) in [4.78, 5) is 20.9. The van der Waals surface area contributed by atoms with E-state index in [0.29, 0.717) is 38.6 Å². The number of H-pyrrole nitrogens is 1. The zero-order chi connectivity index (χ0) is 24.2. The monoisotopic (exact) mass is 499 g/mol. The number of fused-ring (bicyclic) bond motifs is 1. The highest BCUT2D eigenvalue weighted by Gasteiger charge is 2.13. The first-order valence-corrected chi connectivity index (χ1v) is 11.6. The van der Waals surface area contributed by atoms with Crippen molar-refractivity contribution in [1.29, 1.82) is 0 Å². The molecule has 0 aliphatic heterocycles. The molecule has 1 heterocycles. The number of hydrogen-bond donors (Lipinski definition) is 2. The van der Waals surface area contributed by atoms with E-state index in [1.165, 1.54) is 0 Å². The number of halogens is 2. The molecule has 5 rings (SSSR count). The van der Waals surface area contributed by atoms with Gasteiger partial charge in [0, 0.05) is 11.6 Å². The van der Waals surface area contributed by atoms with Crippen LogP contribution in [0.3, 0.4) is 0 Å². The molecule has 2 N–H and O–H groups in total. The molecule has 0 spiro atoms. The van der Waals surface area contributed by atoms with Gasteiger partial charge in [-0.3, -0.25) is 4.79 Å². The fraction of sp³-hybridized carbons (Fsp3) is 0. The van der Waals surface area contributed by atoms with E-state index in [1.54, 1.807) is 30.3 Å². The number of carbonyl (C=O) groups is 1. The smallest absolute Gasteiger partial charge is 0.255 e. The van der Waals surface area contributed by atoms with Crippen LogP contribution in [0.4, 0.5) is 0 Å². The molecule has 1 aromatic heterocycles. The summed E-state index contributed by atoms with van der Waals surface area (Å²) in [5.41, 5.74) is 3.66. The molecule has 0 aliphatic carbocycles. The lowest BCUT2D eigenvalue weighted by molar-refractivity contribution is 0.0973. The van der Waals surface area contributed by atoms with Gasteiger partial charge < -0.3 is 15.0 Å². The van der Waals surface area contributed by atoms with E-state index < -0.39 is 0 Å². The first-order chi connectivity index (χ1) is 17.0. The number of para-hydroxylation sites is 2. The lowest BCUT2D eigenvalue weighted by atomic mass is 10.1. The van der Waals surface area contributed by atoms with Crippen LogP contribution in [0.5, 0.6) is 11.5 Å². The van der Waals surface area contributed by atoms with E-state index in [-0.39, 0.29) is 5.91 Å². The Morgan fingerprint density at radius 3 is 2.29 bits per heavy atom. The van der Waals surface area contributed by atoms with E-state index in [2.05, 4.69) is 15.3 Å². The molecule has 1 amide bonds. The van der Waals surface area contributed by atoms with Gasteiger partial charge in [0.05, 0.1) is 26.8 Å². The SMILES string of the molecule is O=C(NC(=Cc1ccc(Oc2ccc(Cl)c(Cl)c2)cc1)c1nc2ccccc2[nH]1)c1ccccc1. The summed E-state index contributed by atoms with van der Waals surface area (Å²) in [5.74, 6) is 1.56. The minimum atomic E-state index is -0.225. The maximum absolute atomic E-state index is 12.9. The zero-order valence-electron chi connectivity index (χ0n) is 18.3. The molecule has 172 valence electrons. The predicted octanol–water partition coefficient (Wildman–Crippen LogP) is 7.59. The number of imidazole rings is 1. The van der Waals surface area contributed by atoms with Crippen LogP contribution in [0.1, 0.15) is 21.7 Å². The number of nitrogens with one attached hydrogen (secondary N) is 2. The van der Waals surface area contributed by atoms with Crippen molar-refractivity contribution in [2.45, 2.75) is 0 Å².